The zero-order chi connectivity index (χ0) is 24.4. The SMILES string of the molecule is Cc1cc(C2(c3cc(C)c(N)c(C)c3)c3ccccc3-c3nc(C(=O)O)cnc32)cc(C)c1N. The van der Waals surface area contributed by atoms with E-state index < -0.39 is 11.4 Å². The van der Waals surface area contributed by atoms with Crippen molar-refractivity contribution >= 4 is 17.3 Å². The maximum absolute atomic E-state index is 11.7. The minimum Gasteiger partial charge on any atom is -0.476 e. The molecular formula is C28H26N4O2. The predicted molar refractivity (Wildman–Crippen MR) is 134 cm³/mol. The maximum atomic E-state index is 11.7. The Labute approximate surface area is 198 Å². The van der Waals surface area contributed by atoms with Crippen molar-refractivity contribution in [3.8, 4) is 11.3 Å². The first-order valence-electron chi connectivity index (χ1n) is 11.1. The number of rotatable bonds is 3. The molecule has 0 spiro atoms. The van der Waals surface area contributed by atoms with Crippen LogP contribution in [0.1, 0.15) is 55.1 Å². The fourth-order valence-corrected chi connectivity index (χ4v) is 5.23. The Balaban J connectivity index is 2.00. The summed E-state index contributed by atoms with van der Waals surface area (Å²) in [5.41, 5.74) is 22.3. The van der Waals surface area contributed by atoms with Crippen LogP contribution in [0.2, 0.25) is 0 Å². The van der Waals surface area contributed by atoms with Crippen molar-refractivity contribution in [2.75, 3.05) is 11.5 Å². The molecule has 0 atom stereocenters. The smallest absolute Gasteiger partial charge is 0.356 e. The molecule has 4 aromatic rings. The van der Waals surface area contributed by atoms with E-state index in [0.29, 0.717) is 11.4 Å². The van der Waals surface area contributed by atoms with Crippen LogP contribution >= 0.6 is 0 Å². The molecule has 0 aliphatic heterocycles. The van der Waals surface area contributed by atoms with Crippen molar-refractivity contribution in [1.82, 2.24) is 9.97 Å². The third-order valence-electron chi connectivity index (χ3n) is 6.99. The van der Waals surface area contributed by atoms with E-state index in [1.54, 1.807) is 0 Å². The second-order valence-corrected chi connectivity index (χ2v) is 9.10. The quantitative estimate of drug-likeness (QED) is 0.336. The fraction of sp³-hybridized carbons (Fsp3) is 0.179. The van der Waals surface area contributed by atoms with E-state index in [-0.39, 0.29) is 5.69 Å². The van der Waals surface area contributed by atoms with Crippen LogP contribution in [0.25, 0.3) is 11.3 Å². The average molecular weight is 451 g/mol. The fourth-order valence-electron chi connectivity index (χ4n) is 5.23. The molecule has 1 heterocycles. The van der Waals surface area contributed by atoms with E-state index in [2.05, 4.69) is 35.3 Å². The second-order valence-electron chi connectivity index (χ2n) is 9.10. The second kappa shape index (κ2) is 7.42. The molecule has 1 aromatic heterocycles. The van der Waals surface area contributed by atoms with Crippen LogP contribution in [0.5, 0.6) is 0 Å². The van der Waals surface area contributed by atoms with Gasteiger partial charge in [0.2, 0.25) is 0 Å². The molecule has 0 bridgehead atoms. The summed E-state index contributed by atoms with van der Waals surface area (Å²) in [7, 11) is 0. The molecule has 170 valence electrons. The van der Waals surface area contributed by atoms with E-state index in [9.17, 15) is 9.90 Å². The first-order valence-corrected chi connectivity index (χ1v) is 11.1. The van der Waals surface area contributed by atoms with Gasteiger partial charge in [0.25, 0.3) is 0 Å². The van der Waals surface area contributed by atoms with Crippen LogP contribution in [0.15, 0.2) is 54.7 Å². The van der Waals surface area contributed by atoms with Crippen LogP contribution in [-0.2, 0) is 5.41 Å². The first-order chi connectivity index (χ1) is 16.2. The Bertz CT molecular complexity index is 1400. The van der Waals surface area contributed by atoms with Crippen LogP contribution in [0.4, 0.5) is 11.4 Å². The molecule has 1 aliphatic rings. The molecule has 5 rings (SSSR count). The number of carbonyl (C=O) groups is 1. The minimum absolute atomic E-state index is 0.0845. The van der Waals surface area contributed by atoms with Crippen molar-refractivity contribution in [2.45, 2.75) is 33.1 Å². The zero-order valence-electron chi connectivity index (χ0n) is 19.6. The number of carboxylic acids is 1. The van der Waals surface area contributed by atoms with E-state index in [1.165, 1.54) is 6.20 Å². The van der Waals surface area contributed by atoms with E-state index in [0.717, 1.165) is 55.9 Å². The number of aryl methyl sites for hydroxylation is 4. The van der Waals surface area contributed by atoms with E-state index >= 15 is 0 Å². The van der Waals surface area contributed by atoms with E-state index in [4.69, 9.17) is 16.5 Å². The van der Waals surface area contributed by atoms with Gasteiger partial charge < -0.3 is 16.6 Å². The number of fused-ring (bicyclic) bond motifs is 3. The molecule has 0 saturated carbocycles. The third kappa shape index (κ3) is 2.85. The third-order valence-corrected chi connectivity index (χ3v) is 6.99. The highest BCUT2D eigenvalue weighted by molar-refractivity contribution is 5.89. The van der Waals surface area contributed by atoms with Gasteiger partial charge in [-0.2, -0.15) is 0 Å². The topological polar surface area (TPSA) is 115 Å². The Morgan fingerprint density at radius 1 is 0.853 bits per heavy atom. The molecule has 0 unspecified atom stereocenters. The molecule has 0 amide bonds. The van der Waals surface area contributed by atoms with Gasteiger partial charge in [0.1, 0.15) is 0 Å². The van der Waals surface area contributed by atoms with Gasteiger partial charge in [-0.15, -0.1) is 0 Å². The molecular weight excluding hydrogens is 424 g/mol. The number of carboxylic acid groups (broad SMARTS) is 1. The van der Waals surface area contributed by atoms with Crippen LogP contribution in [-0.4, -0.2) is 21.0 Å². The van der Waals surface area contributed by atoms with Crippen LogP contribution < -0.4 is 11.5 Å². The summed E-state index contributed by atoms with van der Waals surface area (Å²) in [6.45, 7) is 8.00. The summed E-state index contributed by atoms with van der Waals surface area (Å²) >= 11 is 0. The number of nitrogens with zero attached hydrogens (tertiary/aromatic N) is 2. The lowest BCUT2D eigenvalue weighted by atomic mass is 9.68. The molecule has 1 aliphatic carbocycles. The molecule has 6 heteroatoms. The number of benzene rings is 3. The number of hydrogen-bond donors (Lipinski definition) is 3. The molecule has 5 N–H and O–H groups in total. The van der Waals surface area contributed by atoms with E-state index in [1.807, 2.05) is 45.9 Å². The maximum Gasteiger partial charge on any atom is 0.356 e. The number of nitrogen functional groups attached to an aromatic ring is 2. The van der Waals surface area contributed by atoms with Gasteiger partial charge in [0, 0.05) is 16.9 Å². The van der Waals surface area contributed by atoms with Gasteiger partial charge in [-0.3, -0.25) is 4.98 Å². The Kier molecular flexibility index (Phi) is 4.72. The molecule has 3 aromatic carbocycles. The largest absolute Gasteiger partial charge is 0.476 e. The Morgan fingerprint density at radius 3 is 1.85 bits per heavy atom. The lowest BCUT2D eigenvalue weighted by Crippen LogP contribution is -2.30. The van der Waals surface area contributed by atoms with Crippen molar-refractivity contribution in [2.24, 2.45) is 0 Å². The van der Waals surface area contributed by atoms with Crippen molar-refractivity contribution in [1.29, 1.82) is 0 Å². The number of aromatic nitrogens is 2. The van der Waals surface area contributed by atoms with Gasteiger partial charge >= 0.3 is 5.97 Å². The molecule has 0 radical (unpaired) electrons. The predicted octanol–water partition coefficient (Wildman–Crippen LogP) is 4.94. The number of aromatic carboxylic acids is 1. The number of anilines is 2. The summed E-state index contributed by atoms with van der Waals surface area (Å²) in [5.74, 6) is -1.11. The summed E-state index contributed by atoms with van der Waals surface area (Å²) in [5, 5.41) is 9.60. The Hall–Kier alpha value is -4.19. The van der Waals surface area contributed by atoms with Crippen LogP contribution in [0, 0.1) is 27.7 Å². The standard InChI is InChI=1S/C28H26N4O2/c1-14-9-18(10-15(2)23(14)29)28(19-11-16(3)24(30)17(4)12-19)21-8-6-5-7-20(21)25-26(28)31-13-22(32-25)27(33)34/h5-13H,29-30H2,1-4H3,(H,33,34). The minimum atomic E-state index is -1.11. The summed E-state index contributed by atoms with van der Waals surface area (Å²) in [6.07, 6.45) is 1.34. The van der Waals surface area contributed by atoms with Crippen molar-refractivity contribution in [3.63, 3.8) is 0 Å². The monoisotopic (exact) mass is 450 g/mol. The highest BCUT2D eigenvalue weighted by Gasteiger charge is 2.49. The summed E-state index contributed by atoms with van der Waals surface area (Å²) in [6, 6.07) is 16.4. The van der Waals surface area contributed by atoms with Gasteiger partial charge in [0.05, 0.1) is 23.0 Å². The lowest BCUT2D eigenvalue weighted by Gasteiger charge is -2.34. The van der Waals surface area contributed by atoms with Crippen LogP contribution in [0.3, 0.4) is 0 Å². The lowest BCUT2D eigenvalue weighted by molar-refractivity contribution is 0.0690. The number of hydrogen-bond acceptors (Lipinski definition) is 5. The normalized spacial score (nSPS) is 13.4. The average Bonchev–Trinajstić information content (AvgIpc) is 3.11. The molecule has 6 nitrogen and oxygen atoms in total. The van der Waals surface area contributed by atoms with Crippen molar-refractivity contribution in [3.05, 3.63) is 105 Å². The molecule has 0 fully saturated rings. The molecule has 34 heavy (non-hydrogen) atoms. The first kappa shape index (κ1) is 21.6. The van der Waals surface area contributed by atoms with Gasteiger partial charge in [0.15, 0.2) is 5.69 Å². The van der Waals surface area contributed by atoms with Gasteiger partial charge in [-0.1, -0.05) is 48.5 Å². The van der Waals surface area contributed by atoms with Crippen molar-refractivity contribution < 1.29 is 9.90 Å². The number of nitrogens with two attached hydrogens (primary N) is 2. The summed E-state index contributed by atoms with van der Waals surface area (Å²) < 4.78 is 0. The highest BCUT2D eigenvalue weighted by atomic mass is 16.4. The molecule has 0 saturated heterocycles. The highest BCUT2D eigenvalue weighted by Crippen LogP contribution is 2.55. The van der Waals surface area contributed by atoms with Gasteiger partial charge in [-0.05, 0) is 66.6 Å². The van der Waals surface area contributed by atoms with Gasteiger partial charge in [-0.25, -0.2) is 9.78 Å². The zero-order valence-corrected chi connectivity index (χ0v) is 19.6. The summed E-state index contributed by atoms with van der Waals surface area (Å²) in [4.78, 5) is 21.1. The Morgan fingerprint density at radius 2 is 1.35 bits per heavy atom.